The fraction of sp³-hybridized carbons (Fsp3) is 0.500. The Balaban J connectivity index is 1.48. The first-order valence-corrected chi connectivity index (χ1v) is 6.96. The second-order valence-electron chi connectivity index (χ2n) is 6.10. The molecule has 2 unspecified atom stereocenters. The van der Waals surface area contributed by atoms with E-state index in [-0.39, 0.29) is 17.5 Å². The van der Waals surface area contributed by atoms with Crippen LogP contribution in [-0.4, -0.2) is 18.3 Å². The van der Waals surface area contributed by atoms with Crippen molar-refractivity contribution in [3.8, 4) is 5.75 Å². The number of rotatable bonds is 1. The molecule has 100 valence electrons. The monoisotopic (exact) mass is 258 g/mol. The van der Waals surface area contributed by atoms with Crippen molar-refractivity contribution in [3.63, 3.8) is 0 Å². The molecule has 19 heavy (non-hydrogen) atoms. The van der Waals surface area contributed by atoms with Crippen LogP contribution in [0, 0.1) is 17.3 Å². The average molecular weight is 258 g/mol. The van der Waals surface area contributed by atoms with Gasteiger partial charge in [-0.15, -0.1) is 0 Å². The number of benzene rings is 1. The van der Waals surface area contributed by atoms with E-state index in [0.29, 0.717) is 5.92 Å². The number of fused-ring (bicyclic) bond motifs is 3. The molecule has 1 N–H and O–H groups in total. The zero-order valence-electron chi connectivity index (χ0n) is 10.8. The Morgan fingerprint density at radius 3 is 2.37 bits per heavy atom. The molecule has 0 amide bonds. The molecule has 2 bridgehead atoms. The highest BCUT2D eigenvalue weighted by Crippen LogP contribution is 2.54. The molecule has 3 nitrogen and oxygen atoms in total. The molecule has 2 aliphatic carbocycles. The minimum atomic E-state index is -0.283. The van der Waals surface area contributed by atoms with Crippen LogP contribution in [0.4, 0.5) is 0 Å². The first kappa shape index (κ1) is 11.5. The van der Waals surface area contributed by atoms with E-state index in [9.17, 15) is 5.11 Å². The summed E-state index contributed by atoms with van der Waals surface area (Å²) in [6.07, 6.45) is 6.89. The van der Waals surface area contributed by atoms with E-state index in [4.69, 9.17) is 9.47 Å². The molecule has 4 rings (SSSR count). The summed E-state index contributed by atoms with van der Waals surface area (Å²) < 4.78 is 11.9. The lowest BCUT2D eigenvalue weighted by atomic mass is 9.76. The maximum Gasteiger partial charge on any atom is 0.183 e. The summed E-state index contributed by atoms with van der Waals surface area (Å²) >= 11 is 0. The van der Waals surface area contributed by atoms with Crippen LogP contribution in [0.1, 0.15) is 24.7 Å². The van der Waals surface area contributed by atoms with Crippen LogP contribution in [0.3, 0.4) is 0 Å². The zero-order valence-corrected chi connectivity index (χ0v) is 10.8. The van der Waals surface area contributed by atoms with Crippen molar-refractivity contribution in [1.82, 2.24) is 0 Å². The summed E-state index contributed by atoms with van der Waals surface area (Å²) in [5.41, 5.74) is 1.19. The van der Waals surface area contributed by atoms with Crippen molar-refractivity contribution in [2.24, 2.45) is 17.3 Å². The van der Waals surface area contributed by atoms with Gasteiger partial charge in [-0.25, -0.2) is 0 Å². The lowest BCUT2D eigenvalue weighted by Crippen LogP contribution is -2.41. The highest BCUT2D eigenvalue weighted by Gasteiger charge is 2.51. The van der Waals surface area contributed by atoms with Crippen LogP contribution in [0.5, 0.6) is 5.75 Å². The largest absolute Gasteiger partial charge is 0.508 e. The van der Waals surface area contributed by atoms with Gasteiger partial charge >= 0.3 is 0 Å². The molecule has 0 aromatic heterocycles. The molecule has 1 aromatic carbocycles. The van der Waals surface area contributed by atoms with Gasteiger partial charge in [-0.1, -0.05) is 24.3 Å². The van der Waals surface area contributed by atoms with Crippen LogP contribution in [0.15, 0.2) is 36.4 Å². The molecule has 1 heterocycles. The van der Waals surface area contributed by atoms with Crippen molar-refractivity contribution in [3.05, 3.63) is 42.0 Å². The quantitative estimate of drug-likeness (QED) is 0.787. The molecule has 2 fully saturated rings. The van der Waals surface area contributed by atoms with E-state index >= 15 is 0 Å². The summed E-state index contributed by atoms with van der Waals surface area (Å²) in [6, 6.07) is 7.07. The third kappa shape index (κ3) is 1.80. The Kier molecular flexibility index (Phi) is 2.47. The van der Waals surface area contributed by atoms with E-state index in [1.165, 1.54) is 12.8 Å². The van der Waals surface area contributed by atoms with Gasteiger partial charge in [-0.05, 0) is 36.8 Å². The molecule has 1 spiro atoms. The highest BCUT2D eigenvalue weighted by molar-refractivity contribution is 5.27. The van der Waals surface area contributed by atoms with E-state index in [1.54, 1.807) is 12.1 Å². The van der Waals surface area contributed by atoms with E-state index in [0.717, 1.165) is 24.7 Å². The van der Waals surface area contributed by atoms with Gasteiger partial charge in [-0.2, -0.15) is 0 Å². The van der Waals surface area contributed by atoms with Crippen molar-refractivity contribution in [1.29, 1.82) is 0 Å². The Bertz CT molecular complexity index is 497. The molecule has 3 aliphatic rings. The number of ether oxygens (including phenoxy) is 2. The Labute approximate surface area is 112 Å². The van der Waals surface area contributed by atoms with Crippen LogP contribution >= 0.6 is 0 Å². The fourth-order valence-electron chi connectivity index (χ4n) is 3.78. The number of phenols is 1. The fourth-order valence-corrected chi connectivity index (χ4v) is 3.78. The minimum absolute atomic E-state index is 0.215. The smallest absolute Gasteiger partial charge is 0.183 e. The maximum atomic E-state index is 9.30. The molecule has 3 heteroatoms. The van der Waals surface area contributed by atoms with Crippen molar-refractivity contribution < 1.29 is 14.6 Å². The topological polar surface area (TPSA) is 38.7 Å². The number of hydrogen-bond acceptors (Lipinski definition) is 3. The Hall–Kier alpha value is -1.32. The second-order valence-corrected chi connectivity index (χ2v) is 6.10. The van der Waals surface area contributed by atoms with Gasteiger partial charge in [-0.3, -0.25) is 0 Å². The first-order valence-electron chi connectivity index (χ1n) is 6.96. The van der Waals surface area contributed by atoms with E-state index < -0.39 is 0 Å². The SMILES string of the molecule is Oc1ccc(C2OCC3(CO2)CC2C=CC3C2)cc1. The summed E-state index contributed by atoms with van der Waals surface area (Å²) in [6.45, 7) is 1.56. The molecular formula is C16H18O3. The number of phenolic OH excluding ortho intramolecular Hbond substituents is 1. The maximum absolute atomic E-state index is 9.30. The molecule has 1 saturated carbocycles. The molecule has 1 aliphatic heterocycles. The van der Waals surface area contributed by atoms with Crippen LogP contribution < -0.4 is 0 Å². The van der Waals surface area contributed by atoms with Crippen molar-refractivity contribution >= 4 is 0 Å². The standard InChI is InChI=1S/C16H18O3/c17-14-5-2-12(3-6-14)15-18-9-16(10-19-15)8-11-1-4-13(16)7-11/h1-6,11,13,15,17H,7-10H2. The lowest BCUT2D eigenvalue weighted by Gasteiger charge is -2.41. The van der Waals surface area contributed by atoms with E-state index in [2.05, 4.69) is 12.2 Å². The zero-order chi connectivity index (χ0) is 12.9. The van der Waals surface area contributed by atoms with E-state index in [1.807, 2.05) is 12.1 Å². The number of allylic oxidation sites excluding steroid dienone is 2. The summed E-state index contributed by atoms with van der Waals surface area (Å²) in [7, 11) is 0. The third-order valence-corrected chi connectivity index (χ3v) is 4.84. The summed E-state index contributed by atoms with van der Waals surface area (Å²) in [4.78, 5) is 0. The van der Waals surface area contributed by atoms with Crippen LogP contribution in [0.25, 0.3) is 0 Å². The summed E-state index contributed by atoms with van der Waals surface area (Å²) in [5.74, 6) is 1.65. The molecule has 1 saturated heterocycles. The molecular weight excluding hydrogens is 240 g/mol. The van der Waals surface area contributed by atoms with Crippen molar-refractivity contribution in [2.45, 2.75) is 19.1 Å². The van der Waals surface area contributed by atoms with Gasteiger partial charge in [0.15, 0.2) is 6.29 Å². The van der Waals surface area contributed by atoms with Crippen LogP contribution in [0.2, 0.25) is 0 Å². The van der Waals surface area contributed by atoms with Gasteiger partial charge in [0.05, 0.1) is 13.2 Å². The second kappa shape index (κ2) is 4.09. The minimum Gasteiger partial charge on any atom is -0.508 e. The number of aromatic hydroxyl groups is 1. The highest BCUT2D eigenvalue weighted by atomic mass is 16.7. The van der Waals surface area contributed by atoms with Gasteiger partial charge in [0.25, 0.3) is 0 Å². The predicted octanol–water partition coefficient (Wildman–Crippen LogP) is 3.02. The Morgan fingerprint density at radius 1 is 1.05 bits per heavy atom. The van der Waals surface area contributed by atoms with Crippen LogP contribution in [-0.2, 0) is 9.47 Å². The average Bonchev–Trinajstić information content (AvgIpc) is 3.02. The van der Waals surface area contributed by atoms with Crippen molar-refractivity contribution in [2.75, 3.05) is 13.2 Å². The predicted molar refractivity (Wildman–Crippen MR) is 70.5 cm³/mol. The Morgan fingerprint density at radius 2 is 1.79 bits per heavy atom. The third-order valence-electron chi connectivity index (χ3n) is 4.84. The molecule has 1 aromatic rings. The first-order chi connectivity index (χ1) is 9.25. The molecule has 0 radical (unpaired) electrons. The van der Waals surface area contributed by atoms with Gasteiger partial charge in [0.1, 0.15) is 5.75 Å². The normalized spacial score (nSPS) is 40.1. The number of hydrogen-bond donors (Lipinski definition) is 1. The van der Waals surface area contributed by atoms with Gasteiger partial charge in [0, 0.05) is 11.0 Å². The van der Waals surface area contributed by atoms with Gasteiger partial charge < -0.3 is 14.6 Å². The molecule has 2 atom stereocenters. The van der Waals surface area contributed by atoms with Gasteiger partial charge in [0.2, 0.25) is 0 Å². The summed E-state index contributed by atoms with van der Waals surface area (Å²) in [5, 5.41) is 9.30. The lowest BCUT2D eigenvalue weighted by molar-refractivity contribution is -0.239.